The largest absolute Gasteiger partial charge is 0.462 e. The molecule has 8 nitrogen and oxygen atoms in total. The van der Waals surface area contributed by atoms with E-state index < -0.39 is 0 Å². The fraction of sp³-hybridized carbons (Fsp3) is 0.556. The minimum atomic E-state index is -0.318. The van der Waals surface area contributed by atoms with Crippen molar-refractivity contribution in [2.45, 2.75) is 71.6 Å². The zero-order chi connectivity index (χ0) is 27.0. The first kappa shape index (κ1) is 29.0. The van der Waals surface area contributed by atoms with Gasteiger partial charge < -0.3 is 10.1 Å². The van der Waals surface area contributed by atoms with Crippen LogP contribution in [0.1, 0.15) is 51.3 Å². The molecule has 2 heterocycles. The molecule has 2 aromatic rings. The number of likely N-dealkylation sites (tertiary alicyclic amines) is 1. The third kappa shape index (κ3) is 7.62. The molecule has 1 aromatic carbocycles. The van der Waals surface area contributed by atoms with Crippen molar-refractivity contribution in [2.75, 3.05) is 13.6 Å². The number of nitrogens with one attached hydrogen (secondary N) is 1. The van der Waals surface area contributed by atoms with E-state index in [1.807, 2.05) is 53.9 Å². The molecule has 1 saturated heterocycles. The number of nitrogens with zero attached hydrogens (tertiary/aromatic N) is 4. The van der Waals surface area contributed by atoms with E-state index in [9.17, 15) is 14.0 Å². The zero-order valence-electron chi connectivity index (χ0n) is 22.3. The lowest BCUT2D eigenvalue weighted by molar-refractivity contribution is -0.138. The van der Waals surface area contributed by atoms with Crippen LogP contribution >= 0.6 is 0 Å². The van der Waals surface area contributed by atoms with Gasteiger partial charge in [0.05, 0.1) is 18.3 Å². The molecule has 2 fully saturated rings. The molecular formula is C27H38FN5O3. The number of hydrogen-bond donors (Lipinski definition) is 1. The molecule has 1 amide bonds. The Morgan fingerprint density at radius 2 is 2.00 bits per heavy atom. The number of ether oxygens (including phenoxy) is 1. The molecule has 0 spiro atoms. The van der Waals surface area contributed by atoms with Gasteiger partial charge in [-0.25, -0.2) is 4.39 Å². The molecule has 1 unspecified atom stereocenters. The standard InChI is InChI=1S/C12H13FN2.C10H15N3O.C5H10O2/c1-8-4-5-10(6-12(8)13)11-7-14-15(3)9(11)2;1-13-8-3-2-7(6-8)9(13)10(14)12-5-4-11;1-5(2,3)7-4-6/h4-7H,1-3H3;7-9H,2-3,5-6H2,1H3,(H,12,14);4H,1-3H3/t;7?,8-,9+;/m.1./s1. The molecule has 1 aromatic heterocycles. The lowest BCUT2D eigenvalue weighted by atomic mass is 9.98. The second-order valence-corrected chi connectivity index (χ2v) is 10.3. The van der Waals surface area contributed by atoms with Crippen LogP contribution in [0.15, 0.2) is 24.4 Å². The predicted molar refractivity (Wildman–Crippen MR) is 136 cm³/mol. The Bertz CT molecular complexity index is 1080. The number of carbonyl (C=O) groups excluding carboxylic acids is 2. The van der Waals surface area contributed by atoms with Gasteiger partial charge in [0.25, 0.3) is 6.47 Å². The summed E-state index contributed by atoms with van der Waals surface area (Å²) >= 11 is 0. The van der Waals surface area contributed by atoms with Gasteiger partial charge in [0.2, 0.25) is 5.91 Å². The summed E-state index contributed by atoms with van der Waals surface area (Å²) in [5.41, 5.74) is 3.25. The third-order valence-corrected chi connectivity index (χ3v) is 6.64. The summed E-state index contributed by atoms with van der Waals surface area (Å²) in [5.74, 6) is 0.376. The highest BCUT2D eigenvalue weighted by Gasteiger charge is 2.47. The first-order valence-corrected chi connectivity index (χ1v) is 12.1. The number of rotatable bonds is 4. The van der Waals surface area contributed by atoms with E-state index in [4.69, 9.17) is 5.26 Å². The molecule has 1 saturated carbocycles. The van der Waals surface area contributed by atoms with E-state index in [0.717, 1.165) is 23.2 Å². The van der Waals surface area contributed by atoms with E-state index in [-0.39, 0.29) is 29.9 Å². The summed E-state index contributed by atoms with van der Waals surface area (Å²) in [5, 5.41) is 15.2. The van der Waals surface area contributed by atoms with Gasteiger partial charge in [0.1, 0.15) is 18.0 Å². The monoisotopic (exact) mass is 499 g/mol. The highest BCUT2D eigenvalue weighted by Crippen LogP contribution is 2.41. The molecule has 3 atom stereocenters. The zero-order valence-corrected chi connectivity index (χ0v) is 22.3. The van der Waals surface area contributed by atoms with Gasteiger partial charge in [-0.15, -0.1) is 0 Å². The lowest BCUT2D eigenvalue weighted by Crippen LogP contribution is -2.48. The number of nitriles is 1. The van der Waals surface area contributed by atoms with Gasteiger partial charge >= 0.3 is 0 Å². The molecule has 1 aliphatic heterocycles. The Morgan fingerprint density at radius 3 is 2.44 bits per heavy atom. The summed E-state index contributed by atoms with van der Waals surface area (Å²) in [6.45, 7) is 9.78. The summed E-state index contributed by atoms with van der Waals surface area (Å²) < 4.78 is 19.7. The summed E-state index contributed by atoms with van der Waals surface area (Å²) in [4.78, 5) is 23.5. The second-order valence-electron chi connectivity index (χ2n) is 10.3. The molecule has 2 aliphatic rings. The van der Waals surface area contributed by atoms with Crippen LogP contribution in [-0.2, 0) is 21.4 Å². The van der Waals surface area contributed by atoms with Crippen LogP contribution in [0.2, 0.25) is 0 Å². The van der Waals surface area contributed by atoms with Crippen LogP contribution in [0.3, 0.4) is 0 Å². The summed E-state index contributed by atoms with van der Waals surface area (Å²) in [6, 6.07) is 7.80. The molecule has 36 heavy (non-hydrogen) atoms. The van der Waals surface area contributed by atoms with Crippen molar-refractivity contribution >= 4 is 12.4 Å². The van der Waals surface area contributed by atoms with Crippen LogP contribution in [0.25, 0.3) is 11.1 Å². The number of amides is 1. The van der Waals surface area contributed by atoms with Crippen LogP contribution in [-0.4, -0.2) is 58.3 Å². The Labute approximate surface area is 213 Å². The van der Waals surface area contributed by atoms with E-state index in [0.29, 0.717) is 24.0 Å². The van der Waals surface area contributed by atoms with E-state index in [1.54, 1.807) is 29.9 Å². The van der Waals surface area contributed by atoms with Crippen molar-refractivity contribution < 1.29 is 18.7 Å². The van der Waals surface area contributed by atoms with E-state index >= 15 is 0 Å². The molecule has 0 radical (unpaired) electrons. The summed E-state index contributed by atoms with van der Waals surface area (Å²) in [6.07, 6.45) is 5.31. The number of likely N-dealkylation sites (N-methyl/N-ethyl adjacent to an activating group) is 1. The van der Waals surface area contributed by atoms with Crippen molar-refractivity contribution in [1.82, 2.24) is 20.0 Å². The maximum absolute atomic E-state index is 13.4. The van der Waals surface area contributed by atoms with Crippen LogP contribution in [0, 0.1) is 36.9 Å². The first-order valence-electron chi connectivity index (χ1n) is 12.1. The van der Waals surface area contributed by atoms with Gasteiger partial charge in [0.15, 0.2) is 0 Å². The number of aryl methyl sites for hydroxylation is 2. The topological polar surface area (TPSA) is 100 Å². The average molecular weight is 500 g/mol. The van der Waals surface area contributed by atoms with Gasteiger partial charge in [-0.2, -0.15) is 10.4 Å². The Balaban J connectivity index is 0.000000204. The van der Waals surface area contributed by atoms with Crippen LogP contribution in [0.4, 0.5) is 4.39 Å². The van der Waals surface area contributed by atoms with Crippen molar-refractivity contribution in [3.63, 3.8) is 0 Å². The van der Waals surface area contributed by atoms with Gasteiger partial charge in [-0.1, -0.05) is 12.1 Å². The van der Waals surface area contributed by atoms with E-state index in [1.165, 1.54) is 12.8 Å². The van der Waals surface area contributed by atoms with Crippen LogP contribution in [0.5, 0.6) is 0 Å². The lowest BCUT2D eigenvalue weighted by Gasteiger charge is -2.30. The fourth-order valence-electron chi connectivity index (χ4n) is 4.53. The SMILES string of the molecule is CC(C)(C)OC=O.CN1[C@@H]2CCC(C2)[C@H]1C(=O)NCC#N.Cc1ccc(-c2cnn(C)c2C)cc1F. The maximum atomic E-state index is 13.4. The minimum absolute atomic E-state index is 0.0158. The quantitative estimate of drug-likeness (QED) is 0.506. The second kappa shape index (κ2) is 12.6. The Kier molecular flexibility index (Phi) is 10.2. The molecule has 196 valence electrons. The van der Waals surface area contributed by atoms with Crippen molar-refractivity contribution in [2.24, 2.45) is 13.0 Å². The molecule has 2 bridgehead atoms. The number of benzene rings is 1. The van der Waals surface area contributed by atoms with Crippen molar-refractivity contribution in [3.05, 3.63) is 41.5 Å². The Hall–Kier alpha value is -3.25. The number of aromatic nitrogens is 2. The van der Waals surface area contributed by atoms with Gasteiger partial charge in [0, 0.05) is 24.3 Å². The third-order valence-electron chi connectivity index (χ3n) is 6.64. The number of halogens is 1. The molecular weight excluding hydrogens is 461 g/mol. The molecule has 4 rings (SSSR count). The van der Waals surface area contributed by atoms with Crippen LogP contribution < -0.4 is 5.32 Å². The molecule has 1 aliphatic carbocycles. The highest BCUT2D eigenvalue weighted by atomic mass is 19.1. The van der Waals surface area contributed by atoms with Crippen molar-refractivity contribution in [3.8, 4) is 17.2 Å². The normalized spacial score (nSPS) is 20.4. The van der Waals surface area contributed by atoms with Gasteiger partial charge in [-0.05, 0) is 84.0 Å². The molecule has 9 heteroatoms. The van der Waals surface area contributed by atoms with E-state index in [2.05, 4.69) is 20.1 Å². The number of carbonyl (C=O) groups is 2. The average Bonchev–Trinajstić information content (AvgIpc) is 3.50. The predicted octanol–water partition coefficient (Wildman–Crippen LogP) is 3.91. The Morgan fingerprint density at radius 1 is 1.31 bits per heavy atom. The van der Waals surface area contributed by atoms with Crippen molar-refractivity contribution in [1.29, 1.82) is 5.26 Å². The maximum Gasteiger partial charge on any atom is 0.293 e. The number of fused-ring (bicyclic) bond motifs is 2. The highest BCUT2D eigenvalue weighted by molar-refractivity contribution is 5.82. The number of hydrogen-bond acceptors (Lipinski definition) is 6. The minimum Gasteiger partial charge on any atom is -0.462 e. The molecule has 1 N–H and O–H groups in total. The first-order chi connectivity index (χ1) is 16.9. The fourth-order valence-corrected chi connectivity index (χ4v) is 4.53. The summed E-state index contributed by atoms with van der Waals surface area (Å²) in [7, 11) is 3.89. The van der Waals surface area contributed by atoms with Gasteiger partial charge in [-0.3, -0.25) is 19.2 Å². The number of piperidine rings is 1. The smallest absolute Gasteiger partial charge is 0.293 e.